The summed E-state index contributed by atoms with van der Waals surface area (Å²) in [5, 5.41) is 7.45. The Morgan fingerprint density at radius 2 is 1.96 bits per heavy atom. The van der Waals surface area contributed by atoms with E-state index < -0.39 is 0 Å². The van der Waals surface area contributed by atoms with Crippen LogP contribution in [0, 0.1) is 13.8 Å². The van der Waals surface area contributed by atoms with E-state index in [0.717, 1.165) is 20.6 Å². The van der Waals surface area contributed by atoms with Crippen molar-refractivity contribution >= 4 is 34.7 Å². The highest BCUT2D eigenvalue weighted by Crippen LogP contribution is 2.22. The zero-order valence-electron chi connectivity index (χ0n) is 15.0. The van der Waals surface area contributed by atoms with Gasteiger partial charge in [0.15, 0.2) is 0 Å². The van der Waals surface area contributed by atoms with Gasteiger partial charge in [0.1, 0.15) is 5.82 Å². The van der Waals surface area contributed by atoms with Crippen molar-refractivity contribution in [2.45, 2.75) is 20.4 Å². The summed E-state index contributed by atoms with van der Waals surface area (Å²) in [4.78, 5) is 15.5. The van der Waals surface area contributed by atoms with Crippen molar-refractivity contribution in [2.24, 2.45) is 0 Å². The minimum absolute atomic E-state index is 0.0802. The molecule has 0 fully saturated rings. The minimum atomic E-state index is -0.0802. The highest BCUT2D eigenvalue weighted by molar-refractivity contribution is 7.16. The molecule has 1 amide bonds. The molecule has 7 heteroatoms. The van der Waals surface area contributed by atoms with E-state index in [0.29, 0.717) is 12.4 Å². The first-order valence-corrected chi connectivity index (χ1v) is 9.46. The molecule has 3 rings (SSSR count). The summed E-state index contributed by atoms with van der Waals surface area (Å²) in [5.74, 6) is 0.590. The van der Waals surface area contributed by atoms with Gasteiger partial charge in [-0.1, -0.05) is 29.3 Å². The van der Waals surface area contributed by atoms with Crippen LogP contribution in [0.3, 0.4) is 0 Å². The Kier molecular flexibility index (Phi) is 5.76. The van der Waals surface area contributed by atoms with E-state index in [1.54, 1.807) is 4.68 Å². The van der Waals surface area contributed by atoms with Gasteiger partial charge in [0.25, 0.3) is 0 Å². The van der Waals surface area contributed by atoms with Crippen molar-refractivity contribution in [3.63, 3.8) is 0 Å². The topological polar surface area (TPSA) is 50.2 Å². The van der Waals surface area contributed by atoms with Crippen LogP contribution in [0.5, 0.6) is 0 Å². The van der Waals surface area contributed by atoms with Gasteiger partial charge in [-0.2, -0.15) is 5.10 Å². The molecule has 26 heavy (non-hydrogen) atoms. The predicted molar refractivity (Wildman–Crippen MR) is 107 cm³/mol. The molecule has 0 aliphatic carbocycles. The molecule has 2 aromatic heterocycles. The SMILES string of the molecule is Cc1ccc(-n2nc(C)cc2NC(=O)CN(C)Cc2ccc(Cl)s2)cc1. The molecule has 2 heterocycles. The molecule has 0 saturated carbocycles. The summed E-state index contributed by atoms with van der Waals surface area (Å²) in [6.45, 7) is 4.92. The third-order valence-corrected chi connectivity index (χ3v) is 5.06. The molecule has 1 N–H and O–H groups in total. The van der Waals surface area contributed by atoms with Crippen molar-refractivity contribution < 1.29 is 4.79 Å². The highest BCUT2D eigenvalue weighted by Gasteiger charge is 2.13. The molecule has 136 valence electrons. The molecule has 0 atom stereocenters. The molecule has 0 aliphatic heterocycles. The highest BCUT2D eigenvalue weighted by atomic mass is 35.5. The summed E-state index contributed by atoms with van der Waals surface area (Å²) >= 11 is 7.48. The first kappa shape index (κ1) is 18.6. The average Bonchev–Trinajstić information content (AvgIpc) is 3.13. The number of nitrogens with zero attached hydrogens (tertiary/aromatic N) is 3. The number of halogens is 1. The molecule has 0 aliphatic rings. The maximum absolute atomic E-state index is 12.4. The molecular weight excluding hydrogens is 368 g/mol. The number of nitrogens with one attached hydrogen (secondary N) is 1. The standard InChI is InChI=1S/C19H21ClN4OS/c1-13-4-6-15(7-5-13)24-18(10-14(2)22-24)21-19(25)12-23(3)11-16-8-9-17(20)26-16/h4-10H,11-12H2,1-3H3,(H,21,25). The van der Waals surface area contributed by atoms with Crippen LogP contribution in [-0.2, 0) is 11.3 Å². The van der Waals surface area contributed by atoms with Crippen molar-refractivity contribution in [2.75, 3.05) is 18.9 Å². The van der Waals surface area contributed by atoms with Crippen LogP contribution in [0.15, 0.2) is 42.5 Å². The van der Waals surface area contributed by atoms with Gasteiger partial charge in [0, 0.05) is 17.5 Å². The number of carbonyl (C=O) groups is 1. The Balaban J connectivity index is 1.66. The lowest BCUT2D eigenvalue weighted by molar-refractivity contribution is -0.117. The molecule has 5 nitrogen and oxygen atoms in total. The number of aryl methyl sites for hydroxylation is 2. The van der Waals surface area contributed by atoms with Crippen LogP contribution in [-0.4, -0.2) is 34.2 Å². The van der Waals surface area contributed by atoms with Crippen molar-refractivity contribution in [3.8, 4) is 5.69 Å². The van der Waals surface area contributed by atoms with Crippen LogP contribution in [0.25, 0.3) is 5.69 Å². The lowest BCUT2D eigenvalue weighted by Crippen LogP contribution is -2.30. The van der Waals surface area contributed by atoms with Gasteiger partial charge in [-0.05, 0) is 45.2 Å². The molecule has 0 spiro atoms. The van der Waals surface area contributed by atoms with Gasteiger partial charge in [-0.3, -0.25) is 9.69 Å². The van der Waals surface area contributed by atoms with E-state index in [2.05, 4.69) is 10.4 Å². The quantitative estimate of drug-likeness (QED) is 0.685. The van der Waals surface area contributed by atoms with Crippen molar-refractivity contribution in [3.05, 3.63) is 62.9 Å². The lowest BCUT2D eigenvalue weighted by atomic mass is 10.2. The van der Waals surface area contributed by atoms with E-state index in [1.807, 2.05) is 68.3 Å². The van der Waals surface area contributed by atoms with Gasteiger partial charge in [0.2, 0.25) is 5.91 Å². The molecular formula is C19H21ClN4OS. The number of hydrogen-bond acceptors (Lipinski definition) is 4. The fourth-order valence-corrected chi connectivity index (χ4v) is 3.83. The molecule has 3 aromatic rings. The minimum Gasteiger partial charge on any atom is -0.309 e. The van der Waals surface area contributed by atoms with Gasteiger partial charge in [-0.15, -0.1) is 11.3 Å². The molecule has 1 aromatic carbocycles. The Morgan fingerprint density at radius 3 is 2.62 bits per heavy atom. The largest absolute Gasteiger partial charge is 0.309 e. The molecule has 0 radical (unpaired) electrons. The lowest BCUT2D eigenvalue weighted by Gasteiger charge is -2.15. The van der Waals surface area contributed by atoms with Gasteiger partial charge in [0.05, 0.1) is 22.3 Å². The van der Waals surface area contributed by atoms with E-state index in [4.69, 9.17) is 11.6 Å². The average molecular weight is 389 g/mol. The Labute approximate surface area is 162 Å². The number of aromatic nitrogens is 2. The Morgan fingerprint density at radius 1 is 1.23 bits per heavy atom. The zero-order chi connectivity index (χ0) is 18.7. The molecule has 0 saturated heterocycles. The maximum atomic E-state index is 12.4. The number of carbonyl (C=O) groups excluding carboxylic acids is 1. The number of amides is 1. The molecule has 0 bridgehead atoms. The molecule has 0 unspecified atom stereocenters. The predicted octanol–water partition coefficient (Wildman–Crippen LogP) is 4.27. The summed E-state index contributed by atoms with van der Waals surface area (Å²) in [6, 6.07) is 13.8. The van der Waals surface area contributed by atoms with Crippen LogP contribution >= 0.6 is 22.9 Å². The van der Waals surface area contributed by atoms with E-state index in [9.17, 15) is 4.79 Å². The second-order valence-corrected chi connectivity index (χ2v) is 8.14. The first-order valence-electron chi connectivity index (χ1n) is 8.27. The smallest absolute Gasteiger partial charge is 0.239 e. The van der Waals surface area contributed by atoms with Crippen LogP contribution in [0.2, 0.25) is 4.34 Å². The summed E-state index contributed by atoms with van der Waals surface area (Å²) in [5.41, 5.74) is 2.95. The van der Waals surface area contributed by atoms with Crippen molar-refractivity contribution in [1.29, 1.82) is 0 Å². The number of hydrogen-bond donors (Lipinski definition) is 1. The maximum Gasteiger partial charge on any atom is 0.239 e. The van der Waals surface area contributed by atoms with E-state index >= 15 is 0 Å². The fourth-order valence-electron chi connectivity index (χ4n) is 2.66. The Hall–Kier alpha value is -2.15. The fraction of sp³-hybridized carbons (Fsp3) is 0.263. The number of rotatable bonds is 6. The number of anilines is 1. The second kappa shape index (κ2) is 8.03. The zero-order valence-corrected chi connectivity index (χ0v) is 16.6. The monoisotopic (exact) mass is 388 g/mol. The van der Waals surface area contributed by atoms with Crippen LogP contribution in [0.1, 0.15) is 16.1 Å². The number of likely N-dealkylation sites (N-methyl/N-ethyl adjacent to an activating group) is 1. The summed E-state index contributed by atoms with van der Waals surface area (Å²) in [7, 11) is 1.91. The van der Waals surface area contributed by atoms with Crippen molar-refractivity contribution in [1.82, 2.24) is 14.7 Å². The normalized spacial score (nSPS) is 11.1. The third kappa shape index (κ3) is 4.72. The van der Waals surface area contributed by atoms with Gasteiger partial charge in [-0.25, -0.2) is 4.68 Å². The van der Waals surface area contributed by atoms with Gasteiger partial charge < -0.3 is 5.32 Å². The first-order chi connectivity index (χ1) is 12.4. The van der Waals surface area contributed by atoms with Crippen LogP contribution in [0.4, 0.5) is 5.82 Å². The summed E-state index contributed by atoms with van der Waals surface area (Å²) in [6.07, 6.45) is 0. The van der Waals surface area contributed by atoms with Gasteiger partial charge >= 0.3 is 0 Å². The number of thiophene rings is 1. The number of benzene rings is 1. The van der Waals surface area contributed by atoms with Crippen LogP contribution < -0.4 is 5.32 Å². The third-order valence-electron chi connectivity index (χ3n) is 3.85. The summed E-state index contributed by atoms with van der Waals surface area (Å²) < 4.78 is 2.52. The Bertz CT molecular complexity index is 901. The van der Waals surface area contributed by atoms with E-state index in [-0.39, 0.29) is 12.5 Å². The van der Waals surface area contributed by atoms with E-state index in [1.165, 1.54) is 16.9 Å². The second-order valence-electron chi connectivity index (χ2n) is 6.34.